The van der Waals surface area contributed by atoms with Gasteiger partial charge >= 0.3 is 0 Å². The number of nitrogens with zero attached hydrogens (tertiary/aromatic N) is 3. The molecule has 1 aromatic rings. The van der Waals surface area contributed by atoms with E-state index in [1.165, 1.54) is 38.5 Å². The molecule has 0 radical (unpaired) electrons. The Morgan fingerprint density at radius 3 is 2.54 bits per heavy atom. The van der Waals surface area contributed by atoms with Crippen LogP contribution in [0.4, 0.5) is 0 Å². The lowest BCUT2D eigenvalue weighted by molar-refractivity contribution is 0.516. The Morgan fingerprint density at radius 1 is 1.08 bits per heavy atom. The molecule has 0 bridgehead atoms. The van der Waals surface area contributed by atoms with Gasteiger partial charge in [-0.05, 0) is 6.42 Å². The number of hydrogen-bond donors (Lipinski definition) is 0. The summed E-state index contributed by atoms with van der Waals surface area (Å²) in [5.74, 6) is 0. The minimum absolute atomic E-state index is 1.02. The van der Waals surface area contributed by atoms with Crippen LogP contribution >= 0.6 is 0 Å². The van der Waals surface area contributed by atoms with Crippen molar-refractivity contribution in [3.63, 3.8) is 0 Å². The molecule has 0 saturated heterocycles. The van der Waals surface area contributed by atoms with Crippen LogP contribution in [0.1, 0.15) is 45.4 Å². The van der Waals surface area contributed by atoms with Gasteiger partial charge in [0.1, 0.15) is 0 Å². The van der Waals surface area contributed by atoms with Crippen molar-refractivity contribution >= 4 is 0 Å². The molecule has 0 amide bonds. The van der Waals surface area contributed by atoms with Gasteiger partial charge in [-0.1, -0.05) is 44.2 Å². The zero-order chi connectivity index (χ0) is 9.36. The number of rotatable bonds is 7. The first-order valence-electron chi connectivity index (χ1n) is 5.27. The van der Waals surface area contributed by atoms with E-state index in [2.05, 4.69) is 17.2 Å². The third-order valence-corrected chi connectivity index (χ3v) is 2.21. The van der Waals surface area contributed by atoms with Crippen LogP contribution in [0.25, 0.3) is 0 Å². The fourth-order valence-electron chi connectivity index (χ4n) is 1.41. The molecule has 0 unspecified atom stereocenters. The monoisotopic (exact) mass is 181 g/mol. The van der Waals surface area contributed by atoms with Crippen LogP contribution in [0, 0.1) is 0 Å². The van der Waals surface area contributed by atoms with E-state index in [1.54, 1.807) is 6.20 Å². The van der Waals surface area contributed by atoms with Crippen molar-refractivity contribution in [3.8, 4) is 0 Å². The zero-order valence-corrected chi connectivity index (χ0v) is 8.45. The lowest BCUT2D eigenvalue weighted by Gasteiger charge is -2.00. The Hall–Kier alpha value is -0.860. The maximum Gasteiger partial charge on any atom is 0.0692 e. The highest BCUT2D eigenvalue weighted by Crippen LogP contribution is 2.05. The minimum Gasteiger partial charge on any atom is -0.253 e. The lowest BCUT2D eigenvalue weighted by Crippen LogP contribution is -1.98. The Labute approximate surface area is 80.1 Å². The van der Waals surface area contributed by atoms with E-state index in [-0.39, 0.29) is 0 Å². The fourth-order valence-corrected chi connectivity index (χ4v) is 1.41. The molecule has 3 heteroatoms. The topological polar surface area (TPSA) is 30.7 Å². The Balaban J connectivity index is 1.90. The highest BCUT2D eigenvalue weighted by atomic mass is 15.4. The smallest absolute Gasteiger partial charge is 0.0692 e. The van der Waals surface area contributed by atoms with Crippen molar-refractivity contribution in [2.75, 3.05) is 0 Å². The summed E-state index contributed by atoms with van der Waals surface area (Å²) in [6.07, 6.45) is 11.7. The lowest BCUT2D eigenvalue weighted by atomic mass is 10.1. The first kappa shape index (κ1) is 10.2. The third-order valence-electron chi connectivity index (χ3n) is 2.21. The average molecular weight is 181 g/mol. The van der Waals surface area contributed by atoms with Crippen molar-refractivity contribution in [2.45, 2.75) is 52.0 Å². The van der Waals surface area contributed by atoms with E-state index in [1.807, 2.05) is 10.9 Å². The Morgan fingerprint density at radius 2 is 1.85 bits per heavy atom. The Kier molecular flexibility index (Phi) is 5.22. The van der Waals surface area contributed by atoms with Gasteiger partial charge in [0.25, 0.3) is 0 Å². The molecule has 0 aliphatic carbocycles. The summed E-state index contributed by atoms with van der Waals surface area (Å²) in [7, 11) is 0. The van der Waals surface area contributed by atoms with E-state index in [0.29, 0.717) is 0 Å². The zero-order valence-electron chi connectivity index (χ0n) is 8.45. The van der Waals surface area contributed by atoms with Gasteiger partial charge < -0.3 is 0 Å². The van der Waals surface area contributed by atoms with Gasteiger partial charge in [0.05, 0.1) is 6.20 Å². The van der Waals surface area contributed by atoms with Gasteiger partial charge in [0.2, 0.25) is 0 Å². The highest BCUT2D eigenvalue weighted by Gasteiger charge is 1.92. The molecule has 1 heterocycles. The molecule has 1 rings (SSSR count). The predicted octanol–water partition coefficient (Wildman–Crippen LogP) is 2.64. The quantitative estimate of drug-likeness (QED) is 0.605. The van der Waals surface area contributed by atoms with Crippen molar-refractivity contribution < 1.29 is 0 Å². The normalized spacial score (nSPS) is 10.5. The molecule has 3 nitrogen and oxygen atoms in total. The average Bonchev–Trinajstić information content (AvgIpc) is 2.63. The maximum atomic E-state index is 3.92. The van der Waals surface area contributed by atoms with E-state index in [9.17, 15) is 0 Å². The van der Waals surface area contributed by atoms with Crippen LogP contribution in [0.5, 0.6) is 0 Å². The molecule has 0 aliphatic rings. The van der Waals surface area contributed by atoms with Crippen LogP contribution < -0.4 is 0 Å². The first-order valence-corrected chi connectivity index (χ1v) is 5.27. The molecule has 74 valence electrons. The molecular weight excluding hydrogens is 162 g/mol. The second kappa shape index (κ2) is 6.63. The summed E-state index contributed by atoms with van der Waals surface area (Å²) in [5.41, 5.74) is 0. The van der Waals surface area contributed by atoms with E-state index < -0.39 is 0 Å². The van der Waals surface area contributed by atoms with Crippen LogP contribution in [-0.2, 0) is 6.54 Å². The predicted molar refractivity (Wildman–Crippen MR) is 53.4 cm³/mol. The number of hydrogen-bond acceptors (Lipinski definition) is 2. The summed E-state index contributed by atoms with van der Waals surface area (Å²) < 4.78 is 1.90. The van der Waals surface area contributed by atoms with Crippen molar-refractivity contribution in [1.29, 1.82) is 0 Å². The molecule has 1 aromatic heterocycles. The number of unbranched alkanes of at least 4 members (excludes halogenated alkanes) is 5. The summed E-state index contributed by atoms with van der Waals surface area (Å²) in [5, 5.41) is 7.68. The third kappa shape index (κ3) is 4.65. The maximum absolute atomic E-state index is 3.92. The van der Waals surface area contributed by atoms with Crippen molar-refractivity contribution in [2.24, 2.45) is 0 Å². The summed E-state index contributed by atoms with van der Waals surface area (Å²) in [6, 6.07) is 0. The van der Waals surface area contributed by atoms with Crippen LogP contribution in [0.2, 0.25) is 0 Å². The second-order valence-corrected chi connectivity index (χ2v) is 3.43. The minimum atomic E-state index is 1.02. The molecular formula is C10H19N3. The molecule has 0 spiro atoms. The van der Waals surface area contributed by atoms with E-state index >= 15 is 0 Å². The van der Waals surface area contributed by atoms with Crippen LogP contribution in [-0.4, -0.2) is 15.0 Å². The van der Waals surface area contributed by atoms with Gasteiger partial charge in [0, 0.05) is 12.7 Å². The number of aryl methyl sites for hydroxylation is 1. The summed E-state index contributed by atoms with van der Waals surface area (Å²) >= 11 is 0. The van der Waals surface area contributed by atoms with E-state index in [4.69, 9.17) is 0 Å². The molecule has 0 N–H and O–H groups in total. The largest absolute Gasteiger partial charge is 0.253 e. The molecule has 0 fully saturated rings. The molecule has 0 saturated carbocycles. The molecule has 0 aromatic carbocycles. The number of aromatic nitrogens is 3. The second-order valence-electron chi connectivity index (χ2n) is 3.43. The highest BCUT2D eigenvalue weighted by molar-refractivity contribution is 4.63. The standard InChI is InChI=1S/C10H19N3/c1-2-3-4-5-6-7-9-13-10-8-11-12-13/h8,10H,2-7,9H2,1H3. The summed E-state index contributed by atoms with van der Waals surface area (Å²) in [6.45, 7) is 3.27. The van der Waals surface area contributed by atoms with E-state index in [0.717, 1.165) is 6.54 Å². The van der Waals surface area contributed by atoms with Crippen molar-refractivity contribution in [1.82, 2.24) is 15.0 Å². The van der Waals surface area contributed by atoms with Crippen LogP contribution in [0.15, 0.2) is 12.4 Å². The molecule has 0 aliphatic heterocycles. The van der Waals surface area contributed by atoms with Gasteiger partial charge in [-0.3, -0.25) is 4.68 Å². The first-order chi connectivity index (χ1) is 6.43. The molecule has 0 atom stereocenters. The Bertz CT molecular complexity index is 194. The van der Waals surface area contributed by atoms with Gasteiger partial charge in [-0.25, -0.2) is 0 Å². The molecule has 13 heavy (non-hydrogen) atoms. The van der Waals surface area contributed by atoms with Gasteiger partial charge in [-0.2, -0.15) is 0 Å². The fraction of sp³-hybridized carbons (Fsp3) is 0.800. The van der Waals surface area contributed by atoms with Gasteiger partial charge in [-0.15, -0.1) is 5.10 Å². The van der Waals surface area contributed by atoms with Crippen LogP contribution in [0.3, 0.4) is 0 Å². The van der Waals surface area contributed by atoms with Gasteiger partial charge in [0.15, 0.2) is 0 Å². The SMILES string of the molecule is CCCCCCCCn1ccnn1. The van der Waals surface area contributed by atoms with Crippen molar-refractivity contribution in [3.05, 3.63) is 12.4 Å². The summed E-state index contributed by atoms with van der Waals surface area (Å²) in [4.78, 5) is 0.